The van der Waals surface area contributed by atoms with Crippen molar-refractivity contribution in [2.24, 2.45) is 0 Å². The molecular formula is C18H21NO5. The minimum Gasteiger partial charge on any atom is -0.501 e. The normalized spacial score (nSPS) is 33.9. The Morgan fingerprint density at radius 2 is 2.00 bits per heavy atom. The molecule has 6 heteroatoms. The summed E-state index contributed by atoms with van der Waals surface area (Å²) in [6, 6.07) is 0. The molecule has 4 aliphatic heterocycles. The number of allylic oxidation sites excluding steroid dienone is 2. The Bertz CT molecular complexity index is 700. The van der Waals surface area contributed by atoms with Crippen LogP contribution in [0.1, 0.15) is 25.7 Å². The topological polar surface area (TPSA) is 57.2 Å². The molecule has 0 aromatic carbocycles. The maximum Gasteiger partial charge on any atom is 0.287 e. The van der Waals surface area contributed by atoms with Crippen LogP contribution in [0.15, 0.2) is 34.6 Å². The Labute approximate surface area is 140 Å². The van der Waals surface area contributed by atoms with Crippen molar-refractivity contribution < 1.29 is 23.7 Å². The van der Waals surface area contributed by atoms with Crippen LogP contribution in [0.2, 0.25) is 0 Å². The molecule has 5 aliphatic rings. The Hall–Kier alpha value is -1.63. The molecule has 0 N–H and O–H groups in total. The van der Waals surface area contributed by atoms with Crippen LogP contribution >= 0.6 is 0 Å². The first-order valence-corrected chi connectivity index (χ1v) is 8.55. The molecule has 1 amide bonds. The third-order valence-corrected chi connectivity index (χ3v) is 5.95. The van der Waals surface area contributed by atoms with Crippen molar-refractivity contribution in [3.8, 4) is 0 Å². The fourth-order valence-corrected chi connectivity index (χ4v) is 4.83. The Kier molecular flexibility index (Phi) is 3.02. The van der Waals surface area contributed by atoms with E-state index in [9.17, 15) is 4.79 Å². The average Bonchev–Trinajstić information content (AvgIpc) is 3.16. The number of amides is 1. The lowest BCUT2D eigenvalue weighted by Gasteiger charge is -2.50. The van der Waals surface area contributed by atoms with Crippen LogP contribution in [0.5, 0.6) is 0 Å². The van der Waals surface area contributed by atoms with Gasteiger partial charge in [-0.05, 0) is 29.2 Å². The van der Waals surface area contributed by atoms with E-state index in [1.807, 2.05) is 11.0 Å². The van der Waals surface area contributed by atoms with Gasteiger partial charge in [0.05, 0.1) is 51.1 Å². The van der Waals surface area contributed by atoms with Gasteiger partial charge >= 0.3 is 0 Å². The third kappa shape index (κ3) is 1.79. The molecule has 2 spiro atoms. The van der Waals surface area contributed by atoms with Gasteiger partial charge in [-0.1, -0.05) is 6.08 Å². The van der Waals surface area contributed by atoms with Gasteiger partial charge in [-0.25, -0.2) is 0 Å². The van der Waals surface area contributed by atoms with Gasteiger partial charge in [0.25, 0.3) is 5.97 Å². The van der Waals surface area contributed by atoms with Gasteiger partial charge in [0.1, 0.15) is 0 Å². The molecule has 1 aliphatic carbocycles. The van der Waals surface area contributed by atoms with E-state index < -0.39 is 11.5 Å². The molecular weight excluding hydrogens is 310 g/mol. The predicted molar refractivity (Wildman–Crippen MR) is 83.7 cm³/mol. The number of rotatable bonds is 1. The monoisotopic (exact) mass is 331 g/mol. The second-order valence-electron chi connectivity index (χ2n) is 6.97. The number of methoxy groups -OCH3 is 1. The summed E-state index contributed by atoms with van der Waals surface area (Å²) < 4.78 is 23.0. The third-order valence-electron chi connectivity index (χ3n) is 5.95. The number of hydrogen-bond acceptors (Lipinski definition) is 5. The van der Waals surface area contributed by atoms with Gasteiger partial charge < -0.3 is 23.8 Å². The van der Waals surface area contributed by atoms with Gasteiger partial charge in [-0.2, -0.15) is 0 Å². The summed E-state index contributed by atoms with van der Waals surface area (Å²) in [6.07, 6.45) is 6.65. The number of hydrogen-bond donors (Lipinski definition) is 0. The Morgan fingerprint density at radius 3 is 2.79 bits per heavy atom. The number of carbonyl (C=O) groups excluding carboxylic acids is 1. The summed E-state index contributed by atoms with van der Waals surface area (Å²) >= 11 is 0. The molecule has 0 aromatic heterocycles. The zero-order valence-electron chi connectivity index (χ0n) is 13.8. The molecule has 6 nitrogen and oxygen atoms in total. The van der Waals surface area contributed by atoms with Gasteiger partial charge in [-0.3, -0.25) is 4.79 Å². The summed E-state index contributed by atoms with van der Waals surface area (Å²) in [6.45, 7) is 2.34. The smallest absolute Gasteiger partial charge is 0.287 e. The standard InChI is InChI=1S/C18H21NO5/c1-21-14-3-2-13-8-16(20)19-5-4-12-11-24-18(22-6-7-23-18)10-15(12)17(13,19)9-14/h2-3H,4-11H2,1H3/t17-/m0/s1. The minimum absolute atomic E-state index is 0.201. The Morgan fingerprint density at radius 1 is 1.17 bits per heavy atom. The number of ether oxygens (including phenoxy) is 4. The maximum absolute atomic E-state index is 12.7. The van der Waals surface area contributed by atoms with Crippen LogP contribution < -0.4 is 0 Å². The maximum atomic E-state index is 12.7. The Balaban J connectivity index is 1.63. The highest BCUT2D eigenvalue weighted by Gasteiger charge is 2.58. The zero-order valence-corrected chi connectivity index (χ0v) is 13.8. The van der Waals surface area contributed by atoms with Crippen molar-refractivity contribution in [1.29, 1.82) is 0 Å². The second kappa shape index (κ2) is 4.94. The minimum atomic E-state index is -0.970. The molecule has 4 heterocycles. The first-order chi connectivity index (χ1) is 11.7. The molecule has 128 valence electrons. The summed E-state index contributed by atoms with van der Waals surface area (Å²) in [5.41, 5.74) is 3.28. The molecule has 0 saturated carbocycles. The van der Waals surface area contributed by atoms with Crippen molar-refractivity contribution in [2.75, 3.05) is 33.5 Å². The van der Waals surface area contributed by atoms with Gasteiger partial charge in [0, 0.05) is 13.0 Å². The zero-order chi connectivity index (χ0) is 16.4. The van der Waals surface area contributed by atoms with Crippen LogP contribution in [0.3, 0.4) is 0 Å². The average molecular weight is 331 g/mol. The van der Waals surface area contributed by atoms with E-state index in [4.69, 9.17) is 18.9 Å². The van der Waals surface area contributed by atoms with Gasteiger partial charge in [-0.15, -0.1) is 0 Å². The lowest BCUT2D eigenvalue weighted by molar-refractivity contribution is -0.332. The second-order valence-corrected chi connectivity index (χ2v) is 6.97. The summed E-state index contributed by atoms with van der Waals surface area (Å²) in [5.74, 6) is 0.134. The largest absolute Gasteiger partial charge is 0.501 e. The van der Waals surface area contributed by atoms with Crippen molar-refractivity contribution >= 4 is 5.91 Å². The van der Waals surface area contributed by atoms with Crippen LogP contribution in [-0.4, -0.2) is 55.8 Å². The first kappa shape index (κ1) is 14.7. The van der Waals surface area contributed by atoms with E-state index in [-0.39, 0.29) is 5.91 Å². The van der Waals surface area contributed by atoms with Crippen molar-refractivity contribution in [3.05, 3.63) is 34.6 Å². The number of nitrogens with zero attached hydrogens (tertiary/aromatic N) is 1. The molecule has 5 rings (SSSR count). The fourth-order valence-electron chi connectivity index (χ4n) is 4.83. The molecule has 2 saturated heterocycles. The fraction of sp³-hybridized carbons (Fsp3) is 0.611. The summed E-state index contributed by atoms with van der Waals surface area (Å²) in [5, 5.41) is 0. The quantitative estimate of drug-likeness (QED) is 0.684. The SMILES string of the molecule is COC1=CC=C2CC(=O)N3CCC4=C(CC5(OCCO5)OC4)[C@]23C1. The highest BCUT2D eigenvalue weighted by atomic mass is 16.9. The van der Waals surface area contributed by atoms with Gasteiger partial charge in [0.15, 0.2) is 0 Å². The van der Waals surface area contributed by atoms with E-state index in [0.29, 0.717) is 39.1 Å². The van der Waals surface area contributed by atoms with E-state index in [1.165, 1.54) is 11.1 Å². The van der Waals surface area contributed by atoms with Crippen LogP contribution in [0.4, 0.5) is 0 Å². The van der Waals surface area contributed by atoms with E-state index in [0.717, 1.165) is 24.3 Å². The van der Waals surface area contributed by atoms with Crippen molar-refractivity contribution in [1.82, 2.24) is 4.90 Å². The highest BCUT2D eigenvalue weighted by molar-refractivity contribution is 5.87. The van der Waals surface area contributed by atoms with E-state index >= 15 is 0 Å². The molecule has 2 fully saturated rings. The van der Waals surface area contributed by atoms with E-state index in [1.54, 1.807) is 7.11 Å². The molecule has 0 radical (unpaired) electrons. The lowest BCUT2D eigenvalue weighted by atomic mass is 9.70. The molecule has 0 unspecified atom stereocenters. The molecule has 1 atom stereocenters. The summed E-state index contributed by atoms with van der Waals surface area (Å²) in [7, 11) is 1.69. The molecule has 0 aromatic rings. The summed E-state index contributed by atoms with van der Waals surface area (Å²) in [4.78, 5) is 14.7. The van der Waals surface area contributed by atoms with Crippen LogP contribution in [0.25, 0.3) is 0 Å². The first-order valence-electron chi connectivity index (χ1n) is 8.55. The predicted octanol–water partition coefficient (Wildman–Crippen LogP) is 1.64. The molecule has 0 bridgehead atoms. The van der Waals surface area contributed by atoms with E-state index in [2.05, 4.69) is 6.08 Å². The van der Waals surface area contributed by atoms with Crippen molar-refractivity contribution in [2.45, 2.75) is 37.2 Å². The lowest BCUT2D eigenvalue weighted by Crippen LogP contribution is -2.56. The highest BCUT2D eigenvalue weighted by Crippen LogP contribution is 2.54. The molecule has 24 heavy (non-hydrogen) atoms. The van der Waals surface area contributed by atoms with Crippen molar-refractivity contribution in [3.63, 3.8) is 0 Å². The van der Waals surface area contributed by atoms with Gasteiger partial charge in [0.2, 0.25) is 5.91 Å². The van der Waals surface area contributed by atoms with Crippen LogP contribution in [0, 0.1) is 0 Å². The van der Waals surface area contributed by atoms with Crippen LogP contribution in [-0.2, 0) is 23.7 Å². The number of carbonyl (C=O) groups is 1.